The second kappa shape index (κ2) is 6.44. The summed E-state index contributed by atoms with van der Waals surface area (Å²) in [6.07, 6.45) is 0.302. The van der Waals surface area contributed by atoms with Gasteiger partial charge in [0, 0.05) is 5.92 Å². The predicted octanol–water partition coefficient (Wildman–Crippen LogP) is -1.36. The summed E-state index contributed by atoms with van der Waals surface area (Å²) in [5.74, 6) is -0.860. The van der Waals surface area contributed by atoms with Gasteiger partial charge in [-0.2, -0.15) is 0 Å². The van der Waals surface area contributed by atoms with E-state index in [2.05, 4.69) is 15.4 Å². The molecule has 0 aromatic carbocycles. The first kappa shape index (κ1) is 12.9. The summed E-state index contributed by atoms with van der Waals surface area (Å²) in [6, 6.07) is 0. The molecule has 1 amide bonds. The summed E-state index contributed by atoms with van der Waals surface area (Å²) >= 11 is 0. The van der Waals surface area contributed by atoms with Crippen molar-refractivity contribution in [3.8, 4) is 0 Å². The zero-order valence-corrected chi connectivity index (χ0v) is 9.36. The highest BCUT2D eigenvalue weighted by atomic mass is 16.5. The number of ether oxygens (including phenoxy) is 1. The lowest BCUT2D eigenvalue weighted by Gasteiger charge is -2.22. The highest BCUT2D eigenvalue weighted by Crippen LogP contribution is 2.11. The molecule has 0 spiro atoms. The Morgan fingerprint density at radius 3 is 2.69 bits per heavy atom. The number of carbonyl (C=O) groups is 2. The van der Waals surface area contributed by atoms with Gasteiger partial charge in [0.15, 0.2) is 6.10 Å². The number of hydrogen-bond donors (Lipinski definition) is 3. The lowest BCUT2D eigenvalue weighted by molar-refractivity contribution is -0.150. The Morgan fingerprint density at radius 2 is 2.12 bits per heavy atom. The summed E-state index contributed by atoms with van der Waals surface area (Å²) in [5, 5.41) is 15.0. The fraction of sp³-hybridized carbons (Fsp3) is 0.800. The summed E-state index contributed by atoms with van der Waals surface area (Å²) in [4.78, 5) is 22.5. The first-order chi connectivity index (χ1) is 7.65. The molecule has 3 N–H and O–H groups in total. The van der Waals surface area contributed by atoms with E-state index in [4.69, 9.17) is 0 Å². The molecule has 0 radical (unpaired) electrons. The molecule has 0 aliphatic carbocycles. The zero-order valence-electron chi connectivity index (χ0n) is 9.36. The topological polar surface area (TPSA) is 87.7 Å². The average molecular weight is 230 g/mol. The molecular formula is C10H18N2O4. The normalized spacial score (nSPS) is 18.9. The Hall–Kier alpha value is -1.14. The van der Waals surface area contributed by atoms with Crippen LogP contribution < -0.4 is 10.6 Å². The minimum atomic E-state index is -1.28. The quantitative estimate of drug-likeness (QED) is 0.519. The number of rotatable bonds is 4. The molecule has 1 saturated heterocycles. The number of nitrogens with one attached hydrogen (secondary N) is 2. The maximum Gasteiger partial charge on any atom is 0.336 e. The Morgan fingerprint density at radius 1 is 1.50 bits per heavy atom. The van der Waals surface area contributed by atoms with Crippen molar-refractivity contribution in [2.75, 3.05) is 26.7 Å². The Kier molecular flexibility index (Phi) is 5.21. The highest BCUT2D eigenvalue weighted by molar-refractivity contribution is 5.80. The van der Waals surface area contributed by atoms with Gasteiger partial charge in [-0.1, -0.05) is 0 Å². The van der Waals surface area contributed by atoms with Crippen molar-refractivity contribution in [2.45, 2.75) is 18.9 Å². The van der Waals surface area contributed by atoms with Crippen molar-refractivity contribution < 1.29 is 19.4 Å². The van der Waals surface area contributed by atoms with Crippen molar-refractivity contribution in [3.63, 3.8) is 0 Å². The highest BCUT2D eigenvalue weighted by Gasteiger charge is 2.22. The van der Waals surface area contributed by atoms with Gasteiger partial charge in [-0.3, -0.25) is 4.79 Å². The van der Waals surface area contributed by atoms with Crippen LogP contribution in [0.15, 0.2) is 0 Å². The molecule has 0 saturated carbocycles. The van der Waals surface area contributed by atoms with Gasteiger partial charge in [-0.05, 0) is 25.9 Å². The van der Waals surface area contributed by atoms with E-state index in [1.54, 1.807) is 0 Å². The lowest BCUT2D eigenvalue weighted by atomic mass is 9.97. The van der Waals surface area contributed by atoms with Crippen LogP contribution in [-0.2, 0) is 14.3 Å². The van der Waals surface area contributed by atoms with Crippen LogP contribution in [-0.4, -0.2) is 49.8 Å². The van der Waals surface area contributed by atoms with Gasteiger partial charge in [0.2, 0.25) is 5.91 Å². The van der Waals surface area contributed by atoms with Gasteiger partial charge in [-0.15, -0.1) is 0 Å². The van der Waals surface area contributed by atoms with E-state index in [9.17, 15) is 14.7 Å². The van der Waals surface area contributed by atoms with Gasteiger partial charge in [0.05, 0.1) is 13.7 Å². The molecule has 6 heteroatoms. The minimum Gasteiger partial charge on any atom is -0.467 e. The molecule has 92 valence electrons. The summed E-state index contributed by atoms with van der Waals surface area (Å²) < 4.78 is 4.34. The molecule has 1 atom stereocenters. The van der Waals surface area contributed by atoms with Crippen molar-refractivity contribution >= 4 is 11.9 Å². The Bertz CT molecular complexity index is 251. The second-order valence-electron chi connectivity index (χ2n) is 3.81. The molecule has 1 aliphatic heterocycles. The Balaban J connectivity index is 2.26. The fourth-order valence-corrected chi connectivity index (χ4v) is 1.65. The SMILES string of the molecule is COC(=O)C(O)CNC(=O)C1CCNCC1. The van der Waals surface area contributed by atoms with E-state index in [1.807, 2.05) is 0 Å². The van der Waals surface area contributed by atoms with Gasteiger partial charge in [0.25, 0.3) is 0 Å². The fourth-order valence-electron chi connectivity index (χ4n) is 1.65. The number of esters is 1. The van der Waals surface area contributed by atoms with Crippen molar-refractivity contribution in [1.82, 2.24) is 10.6 Å². The number of aliphatic hydroxyl groups excluding tert-OH is 1. The van der Waals surface area contributed by atoms with Gasteiger partial charge < -0.3 is 20.5 Å². The monoisotopic (exact) mass is 230 g/mol. The van der Waals surface area contributed by atoms with Gasteiger partial charge in [0.1, 0.15) is 0 Å². The van der Waals surface area contributed by atoms with E-state index >= 15 is 0 Å². The number of hydrogen-bond acceptors (Lipinski definition) is 5. The standard InChI is InChI=1S/C10H18N2O4/c1-16-10(15)8(13)6-12-9(14)7-2-4-11-5-3-7/h7-8,11,13H,2-6H2,1H3,(H,12,14). The van der Waals surface area contributed by atoms with Crippen LogP contribution in [0.4, 0.5) is 0 Å². The molecular weight excluding hydrogens is 212 g/mol. The van der Waals surface area contributed by atoms with Gasteiger partial charge >= 0.3 is 5.97 Å². The third-order valence-electron chi connectivity index (χ3n) is 2.65. The van der Waals surface area contributed by atoms with Crippen LogP contribution in [0.2, 0.25) is 0 Å². The molecule has 1 rings (SSSR count). The molecule has 6 nitrogen and oxygen atoms in total. The number of amides is 1. The van der Waals surface area contributed by atoms with E-state index < -0.39 is 12.1 Å². The smallest absolute Gasteiger partial charge is 0.336 e. The maximum absolute atomic E-state index is 11.6. The summed E-state index contributed by atoms with van der Waals surface area (Å²) in [6.45, 7) is 1.57. The Labute approximate surface area is 94.3 Å². The minimum absolute atomic E-state index is 0.0221. The molecule has 0 aromatic rings. The lowest BCUT2D eigenvalue weighted by Crippen LogP contribution is -2.42. The molecule has 1 unspecified atom stereocenters. The van der Waals surface area contributed by atoms with Crippen LogP contribution >= 0.6 is 0 Å². The van der Waals surface area contributed by atoms with Gasteiger partial charge in [-0.25, -0.2) is 4.79 Å². The maximum atomic E-state index is 11.6. The summed E-state index contributed by atoms with van der Waals surface area (Å²) in [7, 11) is 1.19. The van der Waals surface area contributed by atoms with E-state index in [0.717, 1.165) is 25.9 Å². The predicted molar refractivity (Wildman–Crippen MR) is 56.6 cm³/mol. The van der Waals surface area contributed by atoms with E-state index in [1.165, 1.54) is 7.11 Å². The van der Waals surface area contributed by atoms with Crippen molar-refractivity contribution in [1.29, 1.82) is 0 Å². The van der Waals surface area contributed by atoms with E-state index in [0.29, 0.717) is 0 Å². The van der Waals surface area contributed by atoms with Crippen molar-refractivity contribution in [2.24, 2.45) is 5.92 Å². The number of piperidine rings is 1. The summed E-state index contributed by atoms with van der Waals surface area (Å²) in [5.41, 5.74) is 0. The third kappa shape index (κ3) is 3.79. The van der Waals surface area contributed by atoms with Crippen LogP contribution in [0, 0.1) is 5.92 Å². The number of carbonyl (C=O) groups excluding carboxylic acids is 2. The van der Waals surface area contributed by atoms with Crippen LogP contribution in [0.25, 0.3) is 0 Å². The first-order valence-corrected chi connectivity index (χ1v) is 5.39. The second-order valence-corrected chi connectivity index (χ2v) is 3.81. The van der Waals surface area contributed by atoms with Crippen LogP contribution in [0.1, 0.15) is 12.8 Å². The molecule has 1 aliphatic rings. The van der Waals surface area contributed by atoms with Crippen LogP contribution in [0.5, 0.6) is 0 Å². The molecule has 16 heavy (non-hydrogen) atoms. The third-order valence-corrected chi connectivity index (χ3v) is 2.65. The number of methoxy groups -OCH3 is 1. The van der Waals surface area contributed by atoms with Crippen molar-refractivity contribution in [3.05, 3.63) is 0 Å². The van der Waals surface area contributed by atoms with E-state index in [-0.39, 0.29) is 18.4 Å². The molecule has 0 aromatic heterocycles. The molecule has 0 bridgehead atoms. The molecule has 1 heterocycles. The van der Waals surface area contributed by atoms with Crippen LogP contribution in [0.3, 0.4) is 0 Å². The first-order valence-electron chi connectivity index (χ1n) is 5.39. The largest absolute Gasteiger partial charge is 0.467 e. The number of aliphatic hydroxyl groups is 1. The average Bonchev–Trinajstić information content (AvgIpc) is 2.35. The molecule has 1 fully saturated rings. The zero-order chi connectivity index (χ0) is 12.0.